The van der Waals surface area contributed by atoms with E-state index in [0.29, 0.717) is 30.4 Å². The van der Waals surface area contributed by atoms with Crippen LogP contribution in [0.25, 0.3) is 0 Å². The molecule has 2 heterocycles. The SMILES string of the molecule is CCC(CC)(Cc1nc(C2CCCS2)no1)C(=O)O. The standard InChI is InChI=1S/C13H20N2O3S/c1-3-13(4-2,12(16)17)8-10-14-11(15-18-10)9-6-5-7-19-9/h9H,3-8H2,1-2H3,(H,16,17). The Balaban J connectivity index is 2.11. The van der Waals surface area contributed by atoms with Gasteiger partial charge in [0.25, 0.3) is 0 Å². The molecule has 2 rings (SSSR count). The number of aliphatic carboxylic acids is 1. The third-order valence-corrected chi connectivity index (χ3v) is 5.37. The van der Waals surface area contributed by atoms with Crippen LogP contribution in [0, 0.1) is 5.41 Å². The number of aromatic nitrogens is 2. The smallest absolute Gasteiger partial charge is 0.310 e. The summed E-state index contributed by atoms with van der Waals surface area (Å²) in [6.07, 6.45) is 3.71. The molecule has 1 aromatic heterocycles. The van der Waals surface area contributed by atoms with Crippen LogP contribution in [0.3, 0.4) is 0 Å². The minimum atomic E-state index is -0.785. The fourth-order valence-corrected chi connectivity index (χ4v) is 3.62. The molecule has 5 nitrogen and oxygen atoms in total. The Bertz CT molecular complexity index is 437. The highest BCUT2D eigenvalue weighted by Crippen LogP contribution is 2.39. The van der Waals surface area contributed by atoms with E-state index >= 15 is 0 Å². The summed E-state index contributed by atoms with van der Waals surface area (Å²) in [5.41, 5.74) is -0.785. The van der Waals surface area contributed by atoms with Gasteiger partial charge in [-0.05, 0) is 31.4 Å². The minimum Gasteiger partial charge on any atom is -0.481 e. The number of carboxylic acid groups (broad SMARTS) is 1. The fourth-order valence-electron chi connectivity index (χ4n) is 2.42. The zero-order valence-electron chi connectivity index (χ0n) is 11.4. The number of nitrogens with zero attached hydrogens (tertiary/aromatic N) is 2. The van der Waals surface area contributed by atoms with E-state index in [1.54, 1.807) is 0 Å². The molecule has 1 atom stereocenters. The van der Waals surface area contributed by atoms with Crippen LogP contribution < -0.4 is 0 Å². The van der Waals surface area contributed by atoms with E-state index in [9.17, 15) is 9.90 Å². The van der Waals surface area contributed by atoms with Gasteiger partial charge in [0.1, 0.15) is 0 Å². The van der Waals surface area contributed by atoms with E-state index in [1.807, 2.05) is 25.6 Å². The van der Waals surface area contributed by atoms with Crippen molar-refractivity contribution < 1.29 is 14.4 Å². The van der Waals surface area contributed by atoms with Gasteiger partial charge in [0.15, 0.2) is 5.82 Å². The van der Waals surface area contributed by atoms with Crippen LogP contribution >= 0.6 is 11.8 Å². The average molecular weight is 284 g/mol. The van der Waals surface area contributed by atoms with Crippen LogP contribution in [-0.4, -0.2) is 27.0 Å². The van der Waals surface area contributed by atoms with Crippen molar-refractivity contribution in [1.82, 2.24) is 10.1 Å². The van der Waals surface area contributed by atoms with Crippen LogP contribution in [-0.2, 0) is 11.2 Å². The number of carbonyl (C=O) groups is 1. The number of rotatable bonds is 6. The van der Waals surface area contributed by atoms with Crippen molar-refractivity contribution in [3.05, 3.63) is 11.7 Å². The molecule has 1 unspecified atom stereocenters. The molecule has 0 spiro atoms. The predicted octanol–water partition coefficient (Wildman–Crippen LogP) is 3.07. The Kier molecular flexibility index (Phi) is 4.50. The maximum absolute atomic E-state index is 11.5. The lowest BCUT2D eigenvalue weighted by atomic mass is 9.79. The van der Waals surface area contributed by atoms with Gasteiger partial charge in [0.05, 0.1) is 10.7 Å². The van der Waals surface area contributed by atoms with Gasteiger partial charge >= 0.3 is 5.97 Å². The van der Waals surface area contributed by atoms with Crippen molar-refractivity contribution in [2.24, 2.45) is 5.41 Å². The van der Waals surface area contributed by atoms with Gasteiger partial charge in [0, 0.05) is 6.42 Å². The first-order valence-electron chi connectivity index (χ1n) is 6.78. The summed E-state index contributed by atoms with van der Waals surface area (Å²) >= 11 is 1.84. The van der Waals surface area contributed by atoms with Crippen molar-refractivity contribution in [2.75, 3.05) is 5.75 Å². The maximum atomic E-state index is 11.5. The number of hydrogen-bond acceptors (Lipinski definition) is 5. The zero-order valence-corrected chi connectivity index (χ0v) is 12.2. The van der Waals surface area contributed by atoms with Crippen LogP contribution in [0.15, 0.2) is 4.52 Å². The largest absolute Gasteiger partial charge is 0.481 e. The van der Waals surface area contributed by atoms with Gasteiger partial charge < -0.3 is 9.63 Å². The molecule has 0 aromatic carbocycles. The predicted molar refractivity (Wildman–Crippen MR) is 73.1 cm³/mol. The first kappa shape index (κ1) is 14.4. The molecule has 1 aliphatic heterocycles. The normalized spacial score (nSPS) is 19.8. The van der Waals surface area contributed by atoms with Crippen LogP contribution in [0.5, 0.6) is 0 Å². The molecule has 0 radical (unpaired) electrons. The van der Waals surface area contributed by atoms with E-state index in [2.05, 4.69) is 10.1 Å². The second-order valence-corrected chi connectivity index (χ2v) is 6.33. The van der Waals surface area contributed by atoms with E-state index in [1.165, 1.54) is 6.42 Å². The van der Waals surface area contributed by atoms with Crippen molar-refractivity contribution in [2.45, 2.75) is 51.2 Å². The van der Waals surface area contributed by atoms with Gasteiger partial charge in [-0.1, -0.05) is 19.0 Å². The molecule has 1 N–H and O–H groups in total. The Morgan fingerprint density at radius 3 is 2.79 bits per heavy atom. The number of hydrogen-bond donors (Lipinski definition) is 1. The van der Waals surface area contributed by atoms with Gasteiger partial charge in [-0.3, -0.25) is 4.79 Å². The lowest BCUT2D eigenvalue weighted by Gasteiger charge is -2.24. The highest BCUT2D eigenvalue weighted by atomic mass is 32.2. The van der Waals surface area contributed by atoms with Crippen molar-refractivity contribution >= 4 is 17.7 Å². The molecule has 19 heavy (non-hydrogen) atoms. The first-order valence-corrected chi connectivity index (χ1v) is 7.83. The van der Waals surface area contributed by atoms with Crippen LogP contribution in [0.2, 0.25) is 0 Å². The summed E-state index contributed by atoms with van der Waals surface area (Å²) in [5.74, 6) is 1.53. The Hall–Kier alpha value is -1.04. The molecule has 106 valence electrons. The third-order valence-electron chi connectivity index (χ3n) is 4.00. The summed E-state index contributed by atoms with van der Waals surface area (Å²) in [5, 5.41) is 13.7. The second-order valence-electron chi connectivity index (χ2n) is 5.02. The Morgan fingerprint density at radius 2 is 2.26 bits per heavy atom. The maximum Gasteiger partial charge on any atom is 0.310 e. The minimum absolute atomic E-state index is 0.319. The molecule has 1 saturated heterocycles. The Labute approximate surface area is 117 Å². The van der Waals surface area contributed by atoms with Crippen molar-refractivity contribution in [3.8, 4) is 0 Å². The lowest BCUT2D eigenvalue weighted by molar-refractivity contribution is -0.149. The summed E-state index contributed by atoms with van der Waals surface area (Å²) in [4.78, 5) is 15.9. The molecule has 1 aliphatic rings. The van der Waals surface area contributed by atoms with E-state index in [-0.39, 0.29) is 0 Å². The quantitative estimate of drug-likeness (QED) is 0.865. The third kappa shape index (κ3) is 2.94. The van der Waals surface area contributed by atoms with Gasteiger partial charge in [-0.25, -0.2) is 0 Å². The van der Waals surface area contributed by atoms with Gasteiger partial charge in [0.2, 0.25) is 5.89 Å². The van der Waals surface area contributed by atoms with E-state index in [0.717, 1.165) is 18.0 Å². The number of thioether (sulfide) groups is 1. The second kappa shape index (κ2) is 5.94. The summed E-state index contributed by atoms with van der Waals surface area (Å²) < 4.78 is 5.25. The van der Waals surface area contributed by atoms with Crippen LogP contribution in [0.1, 0.15) is 56.5 Å². The summed E-state index contributed by atoms with van der Waals surface area (Å²) in [7, 11) is 0. The first-order chi connectivity index (χ1) is 9.11. The molecule has 0 amide bonds. The zero-order chi connectivity index (χ0) is 13.9. The van der Waals surface area contributed by atoms with E-state index in [4.69, 9.17) is 4.52 Å². The monoisotopic (exact) mass is 284 g/mol. The molecule has 0 saturated carbocycles. The molecule has 1 fully saturated rings. The average Bonchev–Trinajstić information content (AvgIpc) is 3.06. The molecule has 0 bridgehead atoms. The van der Waals surface area contributed by atoms with Crippen LogP contribution in [0.4, 0.5) is 0 Å². The topological polar surface area (TPSA) is 76.2 Å². The van der Waals surface area contributed by atoms with Gasteiger partial charge in [-0.2, -0.15) is 16.7 Å². The molecule has 6 heteroatoms. The summed E-state index contributed by atoms with van der Waals surface area (Å²) in [6.45, 7) is 3.78. The molecule has 0 aliphatic carbocycles. The molecular weight excluding hydrogens is 264 g/mol. The number of carboxylic acids is 1. The van der Waals surface area contributed by atoms with Crippen molar-refractivity contribution in [3.63, 3.8) is 0 Å². The fraction of sp³-hybridized carbons (Fsp3) is 0.769. The molecular formula is C13H20N2O3S. The summed E-state index contributed by atoms with van der Waals surface area (Å²) in [6, 6.07) is 0. The highest BCUT2D eigenvalue weighted by Gasteiger charge is 2.37. The lowest BCUT2D eigenvalue weighted by Crippen LogP contribution is -2.32. The van der Waals surface area contributed by atoms with E-state index < -0.39 is 11.4 Å². The Morgan fingerprint density at radius 1 is 1.53 bits per heavy atom. The molecule has 1 aromatic rings. The van der Waals surface area contributed by atoms with Crippen molar-refractivity contribution in [1.29, 1.82) is 0 Å². The van der Waals surface area contributed by atoms with Gasteiger partial charge in [-0.15, -0.1) is 0 Å². The highest BCUT2D eigenvalue weighted by molar-refractivity contribution is 7.99.